The maximum atomic E-state index is 12.4. The molecule has 0 bridgehead atoms. The molecule has 2 aliphatic rings. The lowest BCUT2D eigenvalue weighted by Gasteiger charge is -2.31. The predicted molar refractivity (Wildman–Crippen MR) is 95.5 cm³/mol. The quantitative estimate of drug-likeness (QED) is 0.802. The summed E-state index contributed by atoms with van der Waals surface area (Å²) < 4.78 is 36.4. The van der Waals surface area contributed by atoms with Gasteiger partial charge >= 0.3 is 6.18 Å². The summed E-state index contributed by atoms with van der Waals surface area (Å²) in [5.41, 5.74) is 0.544. The Hall–Kier alpha value is -2.58. The molecule has 1 aromatic carbocycles. The molecular weight excluding hydrogens is 375 g/mol. The largest absolute Gasteiger partial charge is 0.405 e. The summed E-state index contributed by atoms with van der Waals surface area (Å²) in [6.07, 6.45) is -1.35. The molecular formula is C19H22F3N3O3. The van der Waals surface area contributed by atoms with Crippen LogP contribution in [0.2, 0.25) is 0 Å². The number of carbonyl (C=O) groups excluding carboxylic acids is 3. The van der Waals surface area contributed by atoms with Gasteiger partial charge in [-0.05, 0) is 49.9 Å². The molecule has 3 amide bonds. The van der Waals surface area contributed by atoms with E-state index in [2.05, 4.69) is 5.32 Å². The molecule has 2 fully saturated rings. The van der Waals surface area contributed by atoms with E-state index in [1.807, 2.05) is 4.90 Å². The maximum Gasteiger partial charge on any atom is 0.405 e. The fourth-order valence-corrected chi connectivity index (χ4v) is 3.18. The molecule has 1 saturated heterocycles. The molecule has 152 valence electrons. The Balaban J connectivity index is 1.46. The number of hydrogen-bond donors (Lipinski definition) is 2. The van der Waals surface area contributed by atoms with Crippen LogP contribution in [0.25, 0.3) is 0 Å². The van der Waals surface area contributed by atoms with Crippen LogP contribution in [0.3, 0.4) is 0 Å². The van der Waals surface area contributed by atoms with Crippen molar-refractivity contribution in [1.82, 2.24) is 10.2 Å². The zero-order valence-electron chi connectivity index (χ0n) is 15.2. The average molecular weight is 397 g/mol. The first-order valence-electron chi connectivity index (χ1n) is 9.27. The molecule has 3 rings (SSSR count). The van der Waals surface area contributed by atoms with Gasteiger partial charge in [-0.1, -0.05) is 0 Å². The van der Waals surface area contributed by atoms with Crippen molar-refractivity contribution in [2.75, 3.05) is 25.0 Å². The van der Waals surface area contributed by atoms with Gasteiger partial charge < -0.3 is 15.5 Å². The van der Waals surface area contributed by atoms with E-state index in [0.717, 1.165) is 12.8 Å². The molecule has 0 aromatic heterocycles. The molecule has 1 aliphatic heterocycles. The number of piperidine rings is 1. The Morgan fingerprint density at radius 1 is 0.964 bits per heavy atom. The van der Waals surface area contributed by atoms with Crippen molar-refractivity contribution in [3.05, 3.63) is 29.8 Å². The molecule has 0 spiro atoms. The topological polar surface area (TPSA) is 78.5 Å². The van der Waals surface area contributed by atoms with E-state index >= 15 is 0 Å². The van der Waals surface area contributed by atoms with Crippen molar-refractivity contribution in [3.8, 4) is 0 Å². The Bertz CT molecular complexity index is 737. The van der Waals surface area contributed by atoms with Crippen molar-refractivity contribution in [2.45, 2.75) is 31.9 Å². The van der Waals surface area contributed by atoms with Gasteiger partial charge in [0.05, 0.1) is 0 Å². The van der Waals surface area contributed by atoms with Gasteiger partial charge in [0.15, 0.2) is 0 Å². The second-order valence-electron chi connectivity index (χ2n) is 7.24. The van der Waals surface area contributed by atoms with Crippen molar-refractivity contribution in [1.29, 1.82) is 0 Å². The fourth-order valence-electron chi connectivity index (χ4n) is 3.18. The summed E-state index contributed by atoms with van der Waals surface area (Å²) in [6, 6.07) is 5.68. The number of alkyl halides is 3. The van der Waals surface area contributed by atoms with Crippen LogP contribution in [0, 0.1) is 11.8 Å². The zero-order valence-corrected chi connectivity index (χ0v) is 15.2. The summed E-state index contributed by atoms with van der Waals surface area (Å²) >= 11 is 0. The van der Waals surface area contributed by atoms with E-state index in [1.165, 1.54) is 24.3 Å². The third-order valence-electron chi connectivity index (χ3n) is 4.97. The van der Waals surface area contributed by atoms with Crippen molar-refractivity contribution in [3.63, 3.8) is 0 Å². The molecule has 1 heterocycles. The normalized spacial score (nSPS) is 17.9. The lowest BCUT2D eigenvalue weighted by atomic mass is 9.95. The number of amides is 3. The summed E-state index contributed by atoms with van der Waals surface area (Å²) in [4.78, 5) is 38.0. The standard InChI is InChI=1S/C19H22F3N3O3/c20-19(21,22)11-23-16(26)12-3-5-15(6-4-12)24-17(27)13-7-9-25(10-8-13)18(28)14-1-2-14/h3-6,13-14H,1-2,7-11H2,(H,23,26)(H,24,27). The fraction of sp³-hybridized carbons (Fsp3) is 0.526. The van der Waals surface area contributed by atoms with Crippen LogP contribution < -0.4 is 10.6 Å². The minimum absolute atomic E-state index is 0.0779. The molecule has 0 atom stereocenters. The molecule has 0 radical (unpaired) electrons. The molecule has 28 heavy (non-hydrogen) atoms. The second kappa shape index (κ2) is 8.20. The predicted octanol–water partition coefficient (Wildman–Crippen LogP) is 2.57. The highest BCUT2D eigenvalue weighted by atomic mass is 19.4. The van der Waals surface area contributed by atoms with Crippen LogP contribution in [0.15, 0.2) is 24.3 Å². The molecule has 1 saturated carbocycles. The van der Waals surface area contributed by atoms with E-state index < -0.39 is 18.6 Å². The summed E-state index contributed by atoms with van der Waals surface area (Å²) in [7, 11) is 0. The van der Waals surface area contributed by atoms with Gasteiger partial charge in [0.25, 0.3) is 5.91 Å². The van der Waals surface area contributed by atoms with Crippen LogP contribution in [0.4, 0.5) is 18.9 Å². The first-order chi connectivity index (χ1) is 13.2. The van der Waals surface area contributed by atoms with Gasteiger partial charge in [-0.2, -0.15) is 13.2 Å². The zero-order chi connectivity index (χ0) is 20.3. The molecule has 9 heteroatoms. The number of nitrogens with zero attached hydrogens (tertiary/aromatic N) is 1. The van der Waals surface area contributed by atoms with Crippen LogP contribution >= 0.6 is 0 Å². The van der Waals surface area contributed by atoms with Crippen LogP contribution in [0.5, 0.6) is 0 Å². The van der Waals surface area contributed by atoms with Crippen LogP contribution in [0.1, 0.15) is 36.0 Å². The minimum Gasteiger partial charge on any atom is -0.343 e. The number of rotatable bonds is 5. The number of benzene rings is 1. The maximum absolute atomic E-state index is 12.4. The number of carbonyl (C=O) groups is 3. The van der Waals surface area contributed by atoms with Gasteiger partial charge in [0.1, 0.15) is 6.54 Å². The molecule has 1 aromatic rings. The minimum atomic E-state index is -4.47. The van der Waals surface area contributed by atoms with Gasteiger partial charge in [-0.25, -0.2) is 0 Å². The molecule has 0 unspecified atom stereocenters. The van der Waals surface area contributed by atoms with Crippen LogP contribution in [-0.2, 0) is 9.59 Å². The van der Waals surface area contributed by atoms with Gasteiger partial charge in [0, 0.05) is 36.2 Å². The first-order valence-corrected chi connectivity index (χ1v) is 9.27. The monoisotopic (exact) mass is 397 g/mol. The Morgan fingerprint density at radius 2 is 1.57 bits per heavy atom. The van der Waals surface area contributed by atoms with E-state index in [9.17, 15) is 27.6 Å². The summed E-state index contributed by atoms with van der Waals surface area (Å²) in [5, 5.41) is 4.55. The molecule has 6 nitrogen and oxygen atoms in total. The van der Waals surface area contributed by atoms with Gasteiger partial charge in [-0.15, -0.1) is 0 Å². The number of anilines is 1. The van der Waals surface area contributed by atoms with Gasteiger partial charge in [0.2, 0.25) is 11.8 Å². The number of hydrogen-bond acceptors (Lipinski definition) is 3. The third kappa shape index (κ3) is 5.46. The summed E-state index contributed by atoms with van der Waals surface area (Å²) in [5.74, 6) is -0.816. The SMILES string of the molecule is O=C(NCC(F)(F)F)c1ccc(NC(=O)C2CCN(C(=O)C3CC3)CC2)cc1. The Kier molecular flexibility index (Phi) is 5.90. The highest BCUT2D eigenvalue weighted by molar-refractivity contribution is 5.96. The lowest BCUT2D eigenvalue weighted by molar-refractivity contribution is -0.135. The van der Waals surface area contributed by atoms with E-state index in [0.29, 0.717) is 31.6 Å². The van der Waals surface area contributed by atoms with Crippen molar-refractivity contribution in [2.24, 2.45) is 11.8 Å². The molecule has 1 aliphatic carbocycles. The van der Waals surface area contributed by atoms with E-state index in [1.54, 1.807) is 5.32 Å². The van der Waals surface area contributed by atoms with Crippen LogP contribution in [-0.4, -0.2) is 48.4 Å². The smallest absolute Gasteiger partial charge is 0.343 e. The van der Waals surface area contributed by atoms with E-state index in [-0.39, 0.29) is 29.2 Å². The lowest BCUT2D eigenvalue weighted by Crippen LogP contribution is -2.42. The highest BCUT2D eigenvalue weighted by Gasteiger charge is 2.36. The van der Waals surface area contributed by atoms with Gasteiger partial charge in [-0.3, -0.25) is 14.4 Å². The van der Waals surface area contributed by atoms with E-state index in [4.69, 9.17) is 0 Å². The molecule has 2 N–H and O–H groups in total. The van der Waals surface area contributed by atoms with Crippen molar-refractivity contribution < 1.29 is 27.6 Å². The number of nitrogens with one attached hydrogen (secondary N) is 2. The number of likely N-dealkylation sites (tertiary alicyclic amines) is 1. The average Bonchev–Trinajstić information content (AvgIpc) is 3.51. The summed E-state index contributed by atoms with van der Waals surface area (Å²) in [6.45, 7) is -0.246. The Morgan fingerprint density at radius 3 is 2.11 bits per heavy atom. The third-order valence-corrected chi connectivity index (χ3v) is 4.97. The first kappa shape index (κ1) is 20.2. The Labute approximate surface area is 160 Å². The second-order valence-corrected chi connectivity index (χ2v) is 7.24. The number of halogens is 3. The highest BCUT2D eigenvalue weighted by Crippen LogP contribution is 2.32. The van der Waals surface area contributed by atoms with Crippen molar-refractivity contribution >= 4 is 23.4 Å².